The van der Waals surface area contributed by atoms with Crippen LogP contribution >= 0.6 is 0 Å². The van der Waals surface area contributed by atoms with E-state index < -0.39 is 28.5 Å². The van der Waals surface area contributed by atoms with E-state index in [1.165, 1.54) is 83.5 Å². The summed E-state index contributed by atoms with van der Waals surface area (Å²) in [6.45, 7) is 20.5. The molecule has 2 rings (SSSR count). The van der Waals surface area contributed by atoms with Gasteiger partial charge in [0.15, 0.2) is 0 Å². The van der Waals surface area contributed by atoms with Gasteiger partial charge < -0.3 is 24.4 Å². The van der Waals surface area contributed by atoms with Crippen molar-refractivity contribution < 1.29 is 18.8 Å². The molecule has 266 valence electrons. The maximum atomic E-state index is 13.7. The molecule has 2 atom stereocenters. The first-order valence-electron chi connectivity index (χ1n) is 18.6. The molecule has 0 radical (unpaired) electrons. The average molecular weight is 639 g/mol. The number of unbranched alkanes of at least 4 members (excludes halogenated alkanes) is 14. The van der Waals surface area contributed by atoms with Crippen molar-refractivity contribution in [2.45, 2.75) is 194 Å². The van der Waals surface area contributed by atoms with Gasteiger partial charge in [-0.2, -0.15) is 0 Å². The summed E-state index contributed by atoms with van der Waals surface area (Å²) < 4.78 is 5.46. The standard InChI is InChI=1S/C37H74N4O4/c1-12-13-14-15-16-17-18-19-20-21-22-23-24-25-26-27-33(42)45-32(28-38-30-34(2,3)40(10,43)36(38,6)7)29-39-31-35(4,5)41(11,44)37(39,8)9/h32H,12-31H2,1-11H3. The summed E-state index contributed by atoms with van der Waals surface area (Å²) in [7, 11) is 3.51. The number of carbonyl (C=O) groups is 1. The van der Waals surface area contributed by atoms with Crippen LogP contribution in [0.1, 0.15) is 165 Å². The molecule has 0 spiro atoms. The number of nitrogens with zero attached hydrogens (tertiary/aromatic N) is 4. The predicted molar refractivity (Wildman–Crippen MR) is 188 cm³/mol. The molecule has 45 heavy (non-hydrogen) atoms. The summed E-state index contributed by atoms with van der Waals surface area (Å²) in [5.74, 6) is -0.166. The maximum absolute atomic E-state index is 13.7. The fraction of sp³-hybridized carbons (Fsp3) is 0.973. The summed E-state index contributed by atoms with van der Waals surface area (Å²) in [6.07, 6.45) is 19.4. The van der Waals surface area contributed by atoms with Gasteiger partial charge in [0.1, 0.15) is 28.5 Å². The third-order valence-corrected chi connectivity index (χ3v) is 12.2. The number of hydrogen-bond donors (Lipinski definition) is 0. The number of quaternary nitrogens is 2. The van der Waals surface area contributed by atoms with E-state index in [9.17, 15) is 15.2 Å². The van der Waals surface area contributed by atoms with Gasteiger partial charge in [-0.3, -0.25) is 4.79 Å². The van der Waals surface area contributed by atoms with Crippen LogP contribution in [0.25, 0.3) is 0 Å². The molecule has 0 amide bonds. The Kier molecular flexibility index (Phi) is 14.9. The van der Waals surface area contributed by atoms with Crippen LogP contribution in [0.4, 0.5) is 0 Å². The molecule has 0 aromatic rings. The highest BCUT2D eigenvalue weighted by Gasteiger charge is 2.59. The van der Waals surface area contributed by atoms with Gasteiger partial charge in [0.25, 0.3) is 0 Å². The Hall–Kier alpha value is -0.770. The van der Waals surface area contributed by atoms with Crippen molar-refractivity contribution in [2.24, 2.45) is 0 Å². The molecule has 2 fully saturated rings. The van der Waals surface area contributed by atoms with Crippen molar-refractivity contribution in [3.8, 4) is 0 Å². The molecule has 0 saturated carbocycles. The van der Waals surface area contributed by atoms with Crippen LogP contribution in [0.5, 0.6) is 0 Å². The third kappa shape index (κ3) is 9.88. The molecule has 0 aromatic heterocycles. The monoisotopic (exact) mass is 639 g/mol. The number of esters is 1. The Labute approximate surface area is 278 Å². The largest absolute Gasteiger partial charge is 0.631 e. The lowest BCUT2D eigenvalue weighted by Gasteiger charge is -2.54. The minimum absolute atomic E-state index is 0.166. The Balaban J connectivity index is 1.83. The zero-order valence-electron chi connectivity index (χ0n) is 31.6. The molecule has 2 saturated heterocycles. The summed E-state index contributed by atoms with van der Waals surface area (Å²) >= 11 is 0. The van der Waals surface area contributed by atoms with Gasteiger partial charge in [0.2, 0.25) is 0 Å². The van der Waals surface area contributed by atoms with Gasteiger partial charge in [-0.25, -0.2) is 9.80 Å². The SMILES string of the molecule is CCCCCCCCCCCCCCCCCC(=O)OC(CN1CC(C)(C)[N+](C)([O-])C1(C)C)CN1CC(C)(C)[N+](C)([O-])C1(C)C. The van der Waals surface area contributed by atoms with Crippen molar-refractivity contribution in [2.75, 3.05) is 40.3 Å². The Morgan fingerprint density at radius 3 is 1.22 bits per heavy atom. The molecule has 8 heteroatoms. The lowest BCUT2D eigenvalue weighted by Crippen LogP contribution is -2.63. The van der Waals surface area contributed by atoms with Gasteiger partial charge in [0, 0.05) is 47.2 Å². The van der Waals surface area contributed by atoms with Crippen molar-refractivity contribution in [3.05, 3.63) is 10.4 Å². The highest BCUT2D eigenvalue weighted by molar-refractivity contribution is 5.69. The molecule has 2 aliphatic rings. The summed E-state index contributed by atoms with van der Waals surface area (Å²) in [5.41, 5.74) is -2.28. The lowest BCUT2D eigenvalue weighted by molar-refractivity contribution is -0.945. The van der Waals surface area contributed by atoms with Crippen LogP contribution in [-0.2, 0) is 9.53 Å². The normalized spacial score (nSPS) is 28.0. The molecule has 2 aliphatic heterocycles. The zero-order valence-corrected chi connectivity index (χ0v) is 31.6. The second kappa shape index (κ2) is 16.6. The van der Waals surface area contributed by atoms with Gasteiger partial charge in [-0.1, -0.05) is 96.8 Å². The zero-order chi connectivity index (χ0) is 34.2. The molecular weight excluding hydrogens is 564 g/mol. The maximum Gasteiger partial charge on any atom is 0.306 e. The van der Waals surface area contributed by atoms with Crippen molar-refractivity contribution in [3.63, 3.8) is 0 Å². The predicted octanol–water partition coefficient (Wildman–Crippen LogP) is 8.71. The van der Waals surface area contributed by atoms with E-state index >= 15 is 0 Å². The van der Waals surface area contributed by atoms with Crippen molar-refractivity contribution in [1.29, 1.82) is 0 Å². The van der Waals surface area contributed by atoms with Gasteiger partial charge in [-0.05, 0) is 34.1 Å². The Bertz CT molecular complexity index is 851. The molecule has 0 aromatic carbocycles. The van der Waals surface area contributed by atoms with E-state index in [4.69, 9.17) is 4.74 Å². The average Bonchev–Trinajstić information content (AvgIpc) is 3.12. The van der Waals surface area contributed by atoms with Crippen molar-refractivity contribution in [1.82, 2.24) is 9.80 Å². The fourth-order valence-corrected chi connectivity index (χ4v) is 7.70. The minimum atomic E-state index is -0.661. The van der Waals surface area contributed by atoms with Crippen LogP contribution in [-0.4, -0.2) is 93.8 Å². The molecule has 0 bridgehead atoms. The van der Waals surface area contributed by atoms with E-state index in [2.05, 4.69) is 16.7 Å². The molecule has 0 aliphatic carbocycles. The van der Waals surface area contributed by atoms with Gasteiger partial charge >= 0.3 is 5.97 Å². The topological polar surface area (TPSA) is 78.9 Å². The quantitative estimate of drug-likeness (QED) is 0.0542. The van der Waals surface area contributed by atoms with Crippen LogP contribution in [0, 0.1) is 10.4 Å². The third-order valence-electron chi connectivity index (χ3n) is 12.2. The summed E-state index contributed by atoms with van der Waals surface area (Å²) in [4.78, 5) is 17.6. The second-order valence-corrected chi connectivity index (χ2v) is 17.0. The van der Waals surface area contributed by atoms with E-state index in [1.54, 1.807) is 14.1 Å². The van der Waals surface area contributed by atoms with Crippen LogP contribution < -0.4 is 0 Å². The highest BCUT2D eigenvalue weighted by atomic mass is 16.6. The number of carbonyl (C=O) groups excluding carboxylic acids is 1. The van der Waals surface area contributed by atoms with Gasteiger partial charge in [0.05, 0.1) is 27.2 Å². The van der Waals surface area contributed by atoms with Crippen molar-refractivity contribution >= 4 is 5.97 Å². The summed E-state index contributed by atoms with van der Waals surface area (Å²) in [6, 6.07) is 0. The fourth-order valence-electron chi connectivity index (χ4n) is 7.70. The lowest BCUT2D eigenvalue weighted by atomic mass is 10.0. The Morgan fingerprint density at radius 2 is 0.933 bits per heavy atom. The van der Waals surface area contributed by atoms with E-state index in [0.29, 0.717) is 32.6 Å². The minimum Gasteiger partial charge on any atom is -0.631 e. The Morgan fingerprint density at radius 1 is 0.622 bits per heavy atom. The van der Waals surface area contributed by atoms with E-state index in [-0.39, 0.29) is 15.3 Å². The first-order chi connectivity index (χ1) is 20.7. The van der Waals surface area contributed by atoms with E-state index in [1.807, 2.05) is 55.4 Å². The number of rotatable bonds is 21. The smallest absolute Gasteiger partial charge is 0.306 e. The molecular formula is C37H74N4O4. The molecule has 2 heterocycles. The number of hydrogen-bond acceptors (Lipinski definition) is 6. The van der Waals surface area contributed by atoms with Gasteiger partial charge in [-0.15, -0.1) is 0 Å². The molecule has 0 N–H and O–H groups in total. The second-order valence-electron chi connectivity index (χ2n) is 17.0. The van der Waals surface area contributed by atoms with E-state index in [0.717, 1.165) is 12.8 Å². The number of hydroxylamine groups is 6. The first-order valence-corrected chi connectivity index (χ1v) is 18.6. The molecule has 2 unspecified atom stereocenters. The van der Waals surface area contributed by atoms with Crippen LogP contribution in [0.15, 0.2) is 0 Å². The summed E-state index contributed by atoms with van der Waals surface area (Å²) in [5, 5.41) is 27.5. The highest BCUT2D eigenvalue weighted by Crippen LogP contribution is 2.44. The first kappa shape index (κ1) is 40.4. The van der Waals surface area contributed by atoms with Crippen LogP contribution in [0.3, 0.4) is 0 Å². The molecule has 8 nitrogen and oxygen atoms in total. The van der Waals surface area contributed by atoms with Crippen LogP contribution in [0.2, 0.25) is 0 Å². The number of likely N-dealkylation sites (N-methyl/N-ethyl adjacent to an activating group) is 2. The number of ether oxygens (including phenoxy) is 1.